The van der Waals surface area contributed by atoms with Crippen molar-refractivity contribution in [3.8, 4) is 0 Å². The van der Waals surface area contributed by atoms with Crippen LogP contribution in [0, 0.1) is 11.8 Å². The Bertz CT molecular complexity index is 793. The molecular formula is C17H19F3N4O. The van der Waals surface area contributed by atoms with Gasteiger partial charge >= 0.3 is 6.18 Å². The summed E-state index contributed by atoms with van der Waals surface area (Å²) < 4.78 is 39.7. The number of pyridine rings is 1. The highest BCUT2D eigenvalue weighted by molar-refractivity contribution is 5.94. The summed E-state index contributed by atoms with van der Waals surface area (Å²) in [7, 11) is 0. The lowest BCUT2D eigenvalue weighted by Crippen LogP contribution is -2.47. The number of alkyl halides is 3. The van der Waals surface area contributed by atoms with E-state index in [0.717, 1.165) is 6.07 Å². The lowest BCUT2D eigenvalue weighted by atomic mass is 9.89. The molecule has 1 saturated heterocycles. The van der Waals surface area contributed by atoms with Crippen LogP contribution in [0.2, 0.25) is 0 Å². The van der Waals surface area contributed by atoms with Gasteiger partial charge in [0.25, 0.3) is 0 Å². The van der Waals surface area contributed by atoms with Crippen molar-refractivity contribution in [1.29, 1.82) is 0 Å². The molecule has 2 unspecified atom stereocenters. The van der Waals surface area contributed by atoms with Gasteiger partial charge in [0.15, 0.2) is 0 Å². The van der Waals surface area contributed by atoms with Gasteiger partial charge in [0.1, 0.15) is 0 Å². The normalized spacial score (nSPS) is 21.4. The summed E-state index contributed by atoms with van der Waals surface area (Å²) in [5, 5.41) is 0.429. The van der Waals surface area contributed by atoms with Gasteiger partial charge in [-0.2, -0.15) is 13.2 Å². The molecule has 2 atom stereocenters. The van der Waals surface area contributed by atoms with E-state index < -0.39 is 11.7 Å². The highest BCUT2D eigenvalue weighted by Crippen LogP contribution is 2.38. The molecule has 134 valence electrons. The molecule has 0 bridgehead atoms. The molecule has 8 heteroatoms. The Morgan fingerprint density at radius 3 is 2.76 bits per heavy atom. The molecule has 5 nitrogen and oxygen atoms in total. The maximum absolute atomic E-state index is 13.2. The molecule has 1 aliphatic heterocycles. The zero-order chi connectivity index (χ0) is 18.2. The van der Waals surface area contributed by atoms with Crippen LogP contribution in [-0.2, 0) is 11.0 Å². The Labute approximate surface area is 143 Å². The quantitative estimate of drug-likeness (QED) is 0.495. The molecule has 3 N–H and O–H groups in total. The molecule has 25 heavy (non-hydrogen) atoms. The maximum atomic E-state index is 13.2. The summed E-state index contributed by atoms with van der Waals surface area (Å²) in [6.07, 6.45) is -2.43. The molecule has 1 aliphatic rings. The lowest BCUT2D eigenvalue weighted by Gasteiger charge is -2.37. The van der Waals surface area contributed by atoms with E-state index in [-0.39, 0.29) is 23.3 Å². The fourth-order valence-electron chi connectivity index (χ4n) is 3.52. The number of rotatable bonds is 2. The Morgan fingerprint density at radius 1 is 1.32 bits per heavy atom. The first kappa shape index (κ1) is 17.5. The number of hydrogen-bond donors (Lipinski definition) is 2. The third-order valence-electron chi connectivity index (χ3n) is 4.57. The van der Waals surface area contributed by atoms with Crippen LogP contribution in [-0.4, -0.2) is 24.0 Å². The van der Waals surface area contributed by atoms with Crippen molar-refractivity contribution in [3.05, 3.63) is 36.0 Å². The number of nitrogens with zero attached hydrogens (tertiary/aromatic N) is 2. The van der Waals surface area contributed by atoms with E-state index in [0.29, 0.717) is 30.6 Å². The van der Waals surface area contributed by atoms with Gasteiger partial charge in [-0.1, -0.05) is 6.92 Å². The fraction of sp³-hybridized carbons (Fsp3) is 0.412. The molecule has 0 radical (unpaired) electrons. The molecule has 0 saturated carbocycles. The van der Waals surface area contributed by atoms with Crippen molar-refractivity contribution in [3.63, 3.8) is 0 Å². The van der Waals surface area contributed by atoms with Gasteiger partial charge in [-0.3, -0.25) is 15.2 Å². The summed E-state index contributed by atoms with van der Waals surface area (Å²) in [5.41, 5.74) is 1.98. The third kappa shape index (κ3) is 3.39. The van der Waals surface area contributed by atoms with Crippen LogP contribution in [0.3, 0.4) is 0 Å². The van der Waals surface area contributed by atoms with Crippen LogP contribution in [0.25, 0.3) is 10.9 Å². The number of aromatic nitrogens is 1. The summed E-state index contributed by atoms with van der Waals surface area (Å²) in [4.78, 5) is 17.8. The molecular weight excluding hydrogens is 333 g/mol. The number of piperidine rings is 1. The summed E-state index contributed by atoms with van der Waals surface area (Å²) in [6.45, 7) is 3.07. The molecule has 1 fully saturated rings. The SMILES string of the molecule is CC1CC(C(=O)NN)CN(c2ccc(C(F)(F)F)c3ncccc23)C1. The minimum atomic E-state index is -4.47. The van der Waals surface area contributed by atoms with Crippen LogP contribution in [0.15, 0.2) is 30.5 Å². The number of amides is 1. The molecule has 3 rings (SSSR count). The summed E-state index contributed by atoms with van der Waals surface area (Å²) in [6, 6.07) is 5.76. The van der Waals surface area contributed by atoms with Gasteiger partial charge in [-0.05, 0) is 36.6 Å². The second-order valence-corrected chi connectivity index (χ2v) is 6.48. The van der Waals surface area contributed by atoms with Gasteiger partial charge in [0, 0.05) is 30.4 Å². The highest BCUT2D eigenvalue weighted by Gasteiger charge is 2.35. The van der Waals surface area contributed by atoms with E-state index in [1.54, 1.807) is 12.1 Å². The van der Waals surface area contributed by atoms with Crippen LogP contribution in [0.1, 0.15) is 18.9 Å². The largest absolute Gasteiger partial charge is 0.418 e. The standard InChI is InChI=1S/C17H19F3N4O/c1-10-7-11(16(25)23-21)9-24(8-10)14-5-4-13(17(18,19)20)15-12(14)3-2-6-22-15/h2-6,10-11H,7-9,21H2,1H3,(H,23,25). The predicted octanol–water partition coefficient (Wildman–Crippen LogP) is 2.71. The average Bonchev–Trinajstić information content (AvgIpc) is 2.58. The first-order valence-corrected chi connectivity index (χ1v) is 8.01. The van der Waals surface area contributed by atoms with Crippen molar-refractivity contribution < 1.29 is 18.0 Å². The number of nitrogens with one attached hydrogen (secondary N) is 1. The van der Waals surface area contributed by atoms with Crippen molar-refractivity contribution in [2.24, 2.45) is 17.7 Å². The zero-order valence-electron chi connectivity index (χ0n) is 13.7. The number of anilines is 1. The zero-order valence-corrected chi connectivity index (χ0v) is 13.7. The highest BCUT2D eigenvalue weighted by atomic mass is 19.4. The van der Waals surface area contributed by atoms with E-state index >= 15 is 0 Å². The van der Waals surface area contributed by atoms with Crippen molar-refractivity contribution >= 4 is 22.5 Å². The molecule has 1 amide bonds. The Balaban J connectivity index is 2.05. The van der Waals surface area contributed by atoms with E-state index in [4.69, 9.17) is 5.84 Å². The minimum absolute atomic E-state index is 0.0782. The van der Waals surface area contributed by atoms with E-state index in [9.17, 15) is 18.0 Å². The van der Waals surface area contributed by atoms with Gasteiger partial charge in [-0.15, -0.1) is 0 Å². The van der Waals surface area contributed by atoms with Gasteiger partial charge in [0.2, 0.25) is 5.91 Å². The number of hydrazine groups is 1. The molecule has 0 aliphatic carbocycles. The number of hydrogen-bond acceptors (Lipinski definition) is 4. The molecule has 2 aromatic rings. The molecule has 1 aromatic heterocycles. The predicted molar refractivity (Wildman–Crippen MR) is 88.6 cm³/mol. The Hall–Kier alpha value is -2.35. The number of carbonyl (C=O) groups excluding carboxylic acids is 1. The first-order valence-electron chi connectivity index (χ1n) is 8.01. The minimum Gasteiger partial charge on any atom is -0.370 e. The van der Waals surface area contributed by atoms with E-state index in [1.165, 1.54) is 12.3 Å². The van der Waals surface area contributed by atoms with Gasteiger partial charge < -0.3 is 4.90 Å². The second-order valence-electron chi connectivity index (χ2n) is 6.48. The third-order valence-corrected chi connectivity index (χ3v) is 4.57. The van der Waals surface area contributed by atoms with Gasteiger partial charge in [0.05, 0.1) is 17.0 Å². The van der Waals surface area contributed by atoms with Gasteiger partial charge in [-0.25, -0.2) is 5.84 Å². The lowest BCUT2D eigenvalue weighted by molar-refractivity contribution is -0.136. The Morgan fingerprint density at radius 2 is 2.08 bits per heavy atom. The second kappa shape index (κ2) is 6.51. The van der Waals surface area contributed by atoms with Crippen molar-refractivity contribution in [2.75, 3.05) is 18.0 Å². The average molecular weight is 352 g/mol. The Kier molecular flexibility index (Phi) is 4.55. The smallest absolute Gasteiger partial charge is 0.370 e. The summed E-state index contributed by atoms with van der Waals surface area (Å²) in [5.74, 6) is 4.89. The topological polar surface area (TPSA) is 71.2 Å². The summed E-state index contributed by atoms with van der Waals surface area (Å²) >= 11 is 0. The van der Waals surface area contributed by atoms with Crippen molar-refractivity contribution in [1.82, 2.24) is 10.4 Å². The number of nitrogens with two attached hydrogens (primary N) is 1. The fourth-order valence-corrected chi connectivity index (χ4v) is 3.52. The van der Waals surface area contributed by atoms with Crippen LogP contribution in [0.5, 0.6) is 0 Å². The van der Waals surface area contributed by atoms with Crippen molar-refractivity contribution in [2.45, 2.75) is 19.5 Å². The van der Waals surface area contributed by atoms with E-state index in [2.05, 4.69) is 10.4 Å². The van der Waals surface area contributed by atoms with Crippen LogP contribution < -0.4 is 16.2 Å². The molecule has 0 spiro atoms. The van der Waals surface area contributed by atoms with Crippen LogP contribution >= 0.6 is 0 Å². The number of fused-ring (bicyclic) bond motifs is 1. The number of halogens is 3. The number of benzene rings is 1. The van der Waals surface area contributed by atoms with Crippen LogP contribution in [0.4, 0.5) is 18.9 Å². The maximum Gasteiger partial charge on any atom is 0.418 e. The monoisotopic (exact) mass is 352 g/mol. The van der Waals surface area contributed by atoms with E-state index in [1.807, 2.05) is 11.8 Å². The number of carbonyl (C=O) groups is 1. The first-order chi connectivity index (χ1) is 11.8. The molecule has 2 heterocycles. The molecule has 1 aromatic carbocycles.